The second kappa shape index (κ2) is 5.78. The maximum Gasteiger partial charge on any atom is 0.225 e. The van der Waals surface area contributed by atoms with Gasteiger partial charge >= 0.3 is 0 Å². The third-order valence-corrected chi connectivity index (χ3v) is 4.04. The minimum Gasteiger partial charge on any atom is -0.357 e. The van der Waals surface area contributed by atoms with Crippen molar-refractivity contribution in [3.05, 3.63) is 22.8 Å². The highest BCUT2D eigenvalue weighted by Crippen LogP contribution is 2.25. The average Bonchev–Trinajstić information content (AvgIpc) is 2.41. The molecule has 0 aromatic carbocycles. The van der Waals surface area contributed by atoms with Crippen molar-refractivity contribution < 1.29 is 4.79 Å². The number of aromatic nitrogens is 1. The lowest BCUT2D eigenvalue weighted by Gasteiger charge is -2.33. The molecule has 0 bridgehead atoms. The van der Waals surface area contributed by atoms with Crippen molar-refractivity contribution in [1.82, 2.24) is 9.88 Å². The highest BCUT2D eigenvalue weighted by molar-refractivity contribution is 6.31. The van der Waals surface area contributed by atoms with Crippen LogP contribution in [0.4, 0.5) is 5.82 Å². The van der Waals surface area contributed by atoms with Gasteiger partial charge in [0.2, 0.25) is 5.91 Å². The monoisotopic (exact) mass is 281 g/mol. The molecule has 0 saturated carbocycles. The molecular formula is C14H20ClN3O. The number of pyridine rings is 1. The number of nitrogens with zero attached hydrogens (tertiary/aromatic N) is 3. The van der Waals surface area contributed by atoms with E-state index in [2.05, 4.69) is 9.88 Å². The molecule has 0 atom stereocenters. The topological polar surface area (TPSA) is 36.4 Å². The van der Waals surface area contributed by atoms with E-state index in [4.69, 9.17) is 11.6 Å². The van der Waals surface area contributed by atoms with E-state index in [1.807, 2.05) is 27.1 Å². The van der Waals surface area contributed by atoms with Crippen molar-refractivity contribution in [3.63, 3.8) is 0 Å². The maximum absolute atomic E-state index is 11.9. The van der Waals surface area contributed by atoms with E-state index in [0.717, 1.165) is 37.3 Å². The van der Waals surface area contributed by atoms with E-state index in [0.29, 0.717) is 5.02 Å². The number of hydrogen-bond acceptors (Lipinski definition) is 3. The molecule has 4 nitrogen and oxygen atoms in total. The van der Waals surface area contributed by atoms with E-state index < -0.39 is 0 Å². The van der Waals surface area contributed by atoms with Crippen LogP contribution in [-0.2, 0) is 4.79 Å². The Kier molecular flexibility index (Phi) is 4.30. The Morgan fingerprint density at radius 3 is 2.58 bits per heavy atom. The Bertz CT molecular complexity index is 468. The molecule has 5 heteroatoms. The molecule has 1 saturated heterocycles. The highest BCUT2D eigenvalue weighted by Gasteiger charge is 2.26. The molecule has 0 aliphatic carbocycles. The minimum atomic E-state index is 0.152. The molecule has 0 radical (unpaired) electrons. The van der Waals surface area contributed by atoms with Crippen LogP contribution in [0.1, 0.15) is 18.4 Å². The number of aryl methyl sites for hydroxylation is 1. The van der Waals surface area contributed by atoms with Crippen LogP contribution in [0.15, 0.2) is 12.3 Å². The first-order chi connectivity index (χ1) is 8.99. The molecule has 19 heavy (non-hydrogen) atoms. The Labute approximate surface area is 119 Å². The predicted molar refractivity (Wildman–Crippen MR) is 77.6 cm³/mol. The maximum atomic E-state index is 11.9. The second-order valence-electron chi connectivity index (χ2n) is 5.29. The number of hydrogen-bond donors (Lipinski definition) is 0. The van der Waals surface area contributed by atoms with E-state index in [-0.39, 0.29) is 11.8 Å². The third-order valence-electron chi connectivity index (χ3n) is 3.64. The van der Waals surface area contributed by atoms with E-state index in [1.54, 1.807) is 11.1 Å². The number of halogens is 1. The van der Waals surface area contributed by atoms with Gasteiger partial charge in [-0.2, -0.15) is 0 Å². The van der Waals surface area contributed by atoms with Gasteiger partial charge in [-0.15, -0.1) is 0 Å². The van der Waals surface area contributed by atoms with Gasteiger partial charge in [0.25, 0.3) is 0 Å². The van der Waals surface area contributed by atoms with Crippen LogP contribution >= 0.6 is 11.6 Å². The summed E-state index contributed by atoms with van der Waals surface area (Å²) in [6.07, 6.45) is 3.48. The number of carbonyl (C=O) groups is 1. The van der Waals surface area contributed by atoms with Crippen LogP contribution in [0.5, 0.6) is 0 Å². The second-order valence-corrected chi connectivity index (χ2v) is 5.69. The van der Waals surface area contributed by atoms with Gasteiger partial charge in [-0.1, -0.05) is 11.6 Å². The average molecular weight is 282 g/mol. The zero-order valence-electron chi connectivity index (χ0n) is 11.7. The summed E-state index contributed by atoms with van der Waals surface area (Å²) in [7, 11) is 3.64. The zero-order chi connectivity index (χ0) is 14.0. The molecule has 1 aromatic heterocycles. The van der Waals surface area contributed by atoms with E-state index in [9.17, 15) is 4.79 Å². The quantitative estimate of drug-likeness (QED) is 0.835. The lowest BCUT2D eigenvalue weighted by atomic mass is 9.95. The number of piperidine rings is 1. The van der Waals surface area contributed by atoms with E-state index >= 15 is 0 Å². The number of carbonyl (C=O) groups excluding carboxylic acids is 1. The Morgan fingerprint density at radius 2 is 2.05 bits per heavy atom. The summed E-state index contributed by atoms with van der Waals surface area (Å²) < 4.78 is 0. The normalized spacial score (nSPS) is 16.5. The molecule has 1 aliphatic rings. The van der Waals surface area contributed by atoms with Crippen LogP contribution in [0.25, 0.3) is 0 Å². The molecule has 1 aliphatic heterocycles. The van der Waals surface area contributed by atoms with Crippen molar-refractivity contribution in [2.45, 2.75) is 19.8 Å². The van der Waals surface area contributed by atoms with Gasteiger partial charge in [-0.05, 0) is 31.4 Å². The van der Waals surface area contributed by atoms with Gasteiger partial charge in [0.05, 0.1) is 5.02 Å². The fourth-order valence-electron chi connectivity index (χ4n) is 2.42. The summed E-state index contributed by atoms with van der Waals surface area (Å²) in [6, 6.07) is 2.01. The number of rotatable bonds is 2. The van der Waals surface area contributed by atoms with Gasteiger partial charge in [-0.3, -0.25) is 4.79 Å². The molecule has 0 spiro atoms. The van der Waals surface area contributed by atoms with Crippen LogP contribution in [0.3, 0.4) is 0 Å². The van der Waals surface area contributed by atoms with Gasteiger partial charge in [0, 0.05) is 39.3 Å². The summed E-state index contributed by atoms with van der Waals surface area (Å²) in [6.45, 7) is 3.73. The summed E-state index contributed by atoms with van der Waals surface area (Å²) in [5, 5.41) is 0.696. The van der Waals surface area contributed by atoms with Crippen molar-refractivity contribution in [1.29, 1.82) is 0 Å². The molecule has 1 amide bonds. The van der Waals surface area contributed by atoms with Crippen molar-refractivity contribution in [2.24, 2.45) is 5.92 Å². The fraction of sp³-hybridized carbons (Fsp3) is 0.571. The summed E-state index contributed by atoms with van der Waals surface area (Å²) in [5.41, 5.74) is 1.04. The van der Waals surface area contributed by atoms with Crippen LogP contribution < -0.4 is 4.90 Å². The Hall–Kier alpha value is -1.29. The molecule has 0 unspecified atom stereocenters. The molecule has 0 N–H and O–H groups in total. The molecule has 1 fully saturated rings. The predicted octanol–water partition coefficient (Wildman–Crippen LogP) is 2.35. The van der Waals surface area contributed by atoms with Crippen LogP contribution in [0, 0.1) is 12.8 Å². The van der Waals surface area contributed by atoms with Crippen LogP contribution in [0.2, 0.25) is 5.02 Å². The fourth-order valence-corrected chi connectivity index (χ4v) is 2.52. The SMILES string of the molecule is Cc1cc(N2CCC(C(=O)N(C)C)CC2)ncc1Cl. The summed E-state index contributed by atoms with van der Waals surface area (Å²) in [4.78, 5) is 20.2. The lowest BCUT2D eigenvalue weighted by molar-refractivity contribution is -0.133. The van der Waals surface area contributed by atoms with Crippen molar-refractivity contribution in [2.75, 3.05) is 32.1 Å². The van der Waals surface area contributed by atoms with Crippen molar-refractivity contribution in [3.8, 4) is 0 Å². The first-order valence-corrected chi connectivity index (χ1v) is 6.95. The molecule has 2 rings (SSSR count). The van der Waals surface area contributed by atoms with Crippen molar-refractivity contribution >= 4 is 23.3 Å². The standard InChI is InChI=1S/C14H20ClN3O/c1-10-8-13(16-9-12(10)15)18-6-4-11(5-7-18)14(19)17(2)3/h8-9,11H,4-7H2,1-3H3. The first kappa shape index (κ1) is 14.1. The molecular weight excluding hydrogens is 262 g/mol. The summed E-state index contributed by atoms with van der Waals surface area (Å²) in [5.74, 6) is 1.34. The van der Waals surface area contributed by atoms with Gasteiger partial charge in [0.15, 0.2) is 0 Å². The minimum absolute atomic E-state index is 0.152. The zero-order valence-corrected chi connectivity index (χ0v) is 12.4. The van der Waals surface area contributed by atoms with Gasteiger partial charge < -0.3 is 9.80 Å². The Morgan fingerprint density at radius 1 is 1.42 bits per heavy atom. The third kappa shape index (κ3) is 3.18. The lowest BCUT2D eigenvalue weighted by Crippen LogP contribution is -2.40. The number of amides is 1. The molecule has 104 valence electrons. The smallest absolute Gasteiger partial charge is 0.225 e. The largest absolute Gasteiger partial charge is 0.357 e. The van der Waals surface area contributed by atoms with Crippen LogP contribution in [-0.4, -0.2) is 43.0 Å². The summed E-state index contributed by atoms with van der Waals surface area (Å²) >= 11 is 5.99. The number of anilines is 1. The molecule has 1 aromatic rings. The molecule has 2 heterocycles. The Balaban J connectivity index is 2.00. The highest BCUT2D eigenvalue weighted by atomic mass is 35.5. The first-order valence-electron chi connectivity index (χ1n) is 6.57. The van der Waals surface area contributed by atoms with Gasteiger partial charge in [0.1, 0.15) is 5.82 Å². The van der Waals surface area contributed by atoms with Gasteiger partial charge in [-0.25, -0.2) is 4.98 Å². The van der Waals surface area contributed by atoms with E-state index in [1.165, 1.54) is 0 Å².